The average Bonchev–Trinajstić information content (AvgIpc) is 2.76. The molecule has 5 heteroatoms. The topological polar surface area (TPSA) is 83.8 Å². The highest BCUT2D eigenvalue weighted by Crippen LogP contribution is 2.24. The SMILES string of the molecule is O=C(O)[C@@H](Cc1ccccc1)[C@H](Cc1ccc(OCc2ccccc2)cc1)C(=O)O. The van der Waals surface area contributed by atoms with E-state index in [1.807, 2.05) is 60.7 Å². The van der Waals surface area contributed by atoms with Gasteiger partial charge < -0.3 is 14.9 Å². The van der Waals surface area contributed by atoms with Crippen LogP contribution < -0.4 is 4.74 Å². The van der Waals surface area contributed by atoms with Crippen molar-refractivity contribution in [3.05, 3.63) is 102 Å². The molecule has 0 saturated carbocycles. The molecule has 0 amide bonds. The van der Waals surface area contributed by atoms with Crippen LogP contribution in [-0.2, 0) is 29.0 Å². The van der Waals surface area contributed by atoms with E-state index in [0.29, 0.717) is 12.4 Å². The Kier molecular flexibility index (Phi) is 7.22. The Morgan fingerprint density at radius 2 is 1.07 bits per heavy atom. The Hall–Kier alpha value is -3.60. The van der Waals surface area contributed by atoms with E-state index in [1.165, 1.54) is 0 Å². The van der Waals surface area contributed by atoms with Crippen LogP contribution >= 0.6 is 0 Å². The average molecular weight is 404 g/mol. The molecule has 0 heterocycles. The number of carboxylic acid groups (broad SMARTS) is 2. The van der Waals surface area contributed by atoms with Gasteiger partial charge in [-0.15, -0.1) is 0 Å². The van der Waals surface area contributed by atoms with Gasteiger partial charge in [0.15, 0.2) is 0 Å². The first kappa shape index (κ1) is 21.1. The summed E-state index contributed by atoms with van der Waals surface area (Å²) < 4.78 is 5.75. The molecule has 3 rings (SSSR count). The van der Waals surface area contributed by atoms with Crippen LogP contribution in [0, 0.1) is 11.8 Å². The number of aliphatic carboxylic acids is 2. The molecule has 0 bridgehead atoms. The largest absolute Gasteiger partial charge is 0.489 e. The van der Waals surface area contributed by atoms with Gasteiger partial charge in [0.1, 0.15) is 12.4 Å². The molecule has 0 spiro atoms. The second-order valence-electron chi connectivity index (χ2n) is 7.20. The number of ether oxygens (including phenoxy) is 1. The van der Waals surface area contributed by atoms with Gasteiger partial charge in [0.05, 0.1) is 11.8 Å². The smallest absolute Gasteiger partial charge is 0.307 e. The van der Waals surface area contributed by atoms with E-state index < -0.39 is 23.8 Å². The van der Waals surface area contributed by atoms with Gasteiger partial charge in [-0.1, -0.05) is 72.8 Å². The fourth-order valence-electron chi connectivity index (χ4n) is 3.39. The summed E-state index contributed by atoms with van der Waals surface area (Å²) >= 11 is 0. The van der Waals surface area contributed by atoms with Gasteiger partial charge in [-0.2, -0.15) is 0 Å². The minimum absolute atomic E-state index is 0.137. The molecule has 3 aromatic rings. The second kappa shape index (κ2) is 10.3. The number of carbonyl (C=O) groups is 2. The van der Waals surface area contributed by atoms with Crippen molar-refractivity contribution in [1.29, 1.82) is 0 Å². The maximum atomic E-state index is 11.9. The van der Waals surface area contributed by atoms with Gasteiger partial charge in [0.2, 0.25) is 0 Å². The fraction of sp³-hybridized carbons (Fsp3) is 0.200. The van der Waals surface area contributed by atoms with E-state index in [0.717, 1.165) is 16.7 Å². The first-order valence-corrected chi connectivity index (χ1v) is 9.78. The standard InChI is InChI=1S/C25H24O5/c26-24(27)22(15-18-7-3-1-4-8-18)23(25(28)29)16-19-11-13-21(14-12-19)30-17-20-9-5-2-6-10-20/h1-14,22-23H,15-17H2,(H,26,27)(H,28,29)/t22-,23-/m0/s1. The van der Waals surface area contributed by atoms with Gasteiger partial charge in [0, 0.05) is 0 Å². The molecular weight excluding hydrogens is 380 g/mol. The zero-order valence-corrected chi connectivity index (χ0v) is 16.5. The second-order valence-corrected chi connectivity index (χ2v) is 7.20. The van der Waals surface area contributed by atoms with Crippen LogP contribution in [0.3, 0.4) is 0 Å². The van der Waals surface area contributed by atoms with E-state index in [9.17, 15) is 19.8 Å². The van der Waals surface area contributed by atoms with E-state index in [1.54, 1.807) is 24.3 Å². The summed E-state index contributed by atoms with van der Waals surface area (Å²) in [5, 5.41) is 19.4. The normalized spacial score (nSPS) is 12.7. The monoisotopic (exact) mass is 404 g/mol. The molecule has 0 saturated heterocycles. The summed E-state index contributed by atoms with van der Waals surface area (Å²) in [6, 6.07) is 26.0. The van der Waals surface area contributed by atoms with Crippen molar-refractivity contribution in [2.75, 3.05) is 0 Å². The van der Waals surface area contributed by atoms with Crippen LogP contribution in [0.1, 0.15) is 16.7 Å². The summed E-state index contributed by atoms with van der Waals surface area (Å²) in [4.78, 5) is 23.7. The van der Waals surface area contributed by atoms with Gasteiger partial charge in [-0.05, 0) is 41.7 Å². The van der Waals surface area contributed by atoms with Crippen molar-refractivity contribution >= 4 is 11.9 Å². The fourth-order valence-corrected chi connectivity index (χ4v) is 3.39. The molecule has 154 valence electrons. The molecule has 3 aromatic carbocycles. The van der Waals surface area contributed by atoms with Gasteiger partial charge in [-0.3, -0.25) is 9.59 Å². The zero-order valence-electron chi connectivity index (χ0n) is 16.5. The Morgan fingerprint density at radius 3 is 1.53 bits per heavy atom. The van der Waals surface area contributed by atoms with E-state index in [4.69, 9.17) is 4.74 Å². The molecule has 2 N–H and O–H groups in total. The van der Waals surface area contributed by atoms with E-state index in [2.05, 4.69) is 0 Å². The Labute approximate surface area is 175 Å². The summed E-state index contributed by atoms with van der Waals surface area (Å²) in [7, 11) is 0. The van der Waals surface area contributed by atoms with Crippen LogP contribution in [0.15, 0.2) is 84.9 Å². The van der Waals surface area contributed by atoms with Crippen molar-refractivity contribution < 1.29 is 24.5 Å². The number of carboxylic acids is 2. The molecular formula is C25H24O5. The molecule has 0 radical (unpaired) electrons. The minimum atomic E-state index is -1.11. The summed E-state index contributed by atoms with van der Waals surface area (Å²) in [5.74, 6) is -3.58. The molecule has 2 atom stereocenters. The third kappa shape index (κ3) is 5.95. The lowest BCUT2D eigenvalue weighted by Gasteiger charge is -2.21. The van der Waals surface area contributed by atoms with Crippen LogP contribution in [0.2, 0.25) is 0 Å². The number of hydrogen-bond acceptors (Lipinski definition) is 3. The number of benzene rings is 3. The summed E-state index contributed by atoms with van der Waals surface area (Å²) in [5.41, 5.74) is 2.62. The van der Waals surface area contributed by atoms with Gasteiger partial charge in [0.25, 0.3) is 0 Å². The van der Waals surface area contributed by atoms with Crippen molar-refractivity contribution in [3.8, 4) is 5.75 Å². The lowest BCUT2D eigenvalue weighted by molar-refractivity contribution is -0.153. The van der Waals surface area contributed by atoms with Crippen LogP contribution in [-0.4, -0.2) is 22.2 Å². The molecule has 0 unspecified atom stereocenters. The van der Waals surface area contributed by atoms with Crippen molar-refractivity contribution in [2.45, 2.75) is 19.4 Å². The molecule has 30 heavy (non-hydrogen) atoms. The molecule has 0 aliphatic carbocycles. The van der Waals surface area contributed by atoms with E-state index >= 15 is 0 Å². The van der Waals surface area contributed by atoms with Crippen LogP contribution in [0.25, 0.3) is 0 Å². The predicted octanol–water partition coefficient (Wildman–Crippen LogP) is 4.45. The minimum Gasteiger partial charge on any atom is -0.489 e. The highest BCUT2D eigenvalue weighted by molar-refractivity contribution is 5.80. The third-order valence-corrected chi connectivity index (χ3v) is 5.05. The van der Waals surface area contributed by atoms with Gasteiger partial charge >= 0.3 is 11.9 Å². The maximum absolute atomic E-state index is 11.9. The van der Waals surface area contributed by atoms with Crippen LogP contribution in [0.4, 0.5) is 0 Å². The molecule has 0 aliphatic rings. The van der Waals surface area contributed by atoms with E-state index in [-0.39, 0.29) is 12.8 Å². The van der Waals surface area contributed by atoms with Crippen molar-refractivity contribution in [2.24, 2.45) is 11.8 Å². The first-order valence-electron chi connectivity index (χ1n) is 9.78. The third-order valence-electron chi connectivity index (χ3n) is 5.05. The molecule has 0 aliphatic heterocycles. The Bertz CT molecular complexity index is 952. The molecule has 0 fully saturated rings. The summed E-state index contributed by atoms with van der Waals surface area (Å²) in [6.07, 6.45) is 0.309. The first-order chi connectivity index (χ1) is 14.5. The van der Waals surface area contributed by atoms with Crippen LogP contribution in [0.5, 0.6) is 5.75 Å². The highest BCUT2D eigenvalue weighted by atomic mass is 16.5. The molecule has 0 aromatic heterocycles. The van der Waals surface area contributed by atoms with Crippen molar-refractivity contribution in [1.82, 2.24) is 0 Å². The Morgan fingerprint density at radius 1 is 0.633 bits per heavy atom. The zero-order chi connectivity index (χ0) is 21.3. The Balaban J connectivity index is 1.67. The lowest BCUT2D eigenvalue weighted by atomic mass is 9.83. The van der Waals surface area contributed by atoms with Gasteiger partial charge in [-0.25, -0.2) is 0 Å². The maximum Gasteiger partial charge on any atom is 0.307 e. The predicted molar refractivity (Wildman–Crippen MR) is 113 cm³/mol. The van der Waals surface area contributed by atoms with Crippen molar-refractivity contribution in [3.63, 3.8) is 0 Å². The molecule has 5 nitrogen and oxygen atoms in total. The highest BCUT2D eigenvalue weighted by Gasteiger charge is 2.34. The lowest BCUT2D eigenvalue weighted by Crippen LogP contribution is -2.33. The summed E-state index contributed by atoms with van der Waals surface area (Å²) in [6.45, 7) is 0.441. The quantitative estimate of drug-likeness (QED) is 0.521. The number of rotatable bonds is 10. The number of hydrogen-bond donors (Lipinski definition) is 2.